The van der Waals surface area contributed by atoms with Crippen molar-refractivity contribution in [2.24, 2.45) is 0 Å². The monoisotopic (exact) mass is 259 g/mol. The standard InChI is InChI=1S/C16H21NO2/c18-11-15-6-3-9-17(15)16(19)14-8-7-12-4-1-2-5-13(12)10-14/h7-8,10,15,18H,1-6,9,11H2/t15-/m0/s1. The van der Waals surface area contributed by atoms with Crippen LogP contribution in [0.25, 0.3) is 0 Å². The Kier molecular flexibility index (Phi) is 3.56. The number of amides is 1. The number of hydrogen-bond acceptors (Lipinski definition) is 2. The summed E-state index contributed by atoms with van der Waals surface area (Å²) >= 11 is 0. The number of aryl methyl sites for hydroxylation is 2. The lowest BCUT2D eigenvalue weighted by Gasteiger charge is -2.24. The molecule has 3 rings (SSSR count). The van der Waals surface area contributed by atoms with E-state index in [0.717, 1.165) is 37.8 Å². The maximum atomic E-state index is 12.5. The third-order valence-electron chi connectivity index (χ3n) is 4.44. The van der Waals surface area contributed by atoms with Crippen molar-refractivity contribution in [3.63, 3.8) is 0 Å². The molecule has 0 saturated carbocycles. The average molecular weight is 259 g/mol. The second-order valence-corrected chi connectivity index (χ2v) is 5.67. The first kappa shape index (κ1) is 12.7. The molecule has 1 atom stereocenters. The Morgan fingerprint density at radius 1 is 1.21 bits per heavy atom. The van der Waals surface area contributed by atoms with Gasteiger partial charge >= 0.3 is 0 Å². The van der Waals surface area contributed by atoms with Gasteiger partial charge in [-0.1, -0.05) is 6.07 Å². The minimum absolute atomic E-state index is 0.0172. The maximum absolute atomic E-state index is 12.5. The predicted octanol–water partition coefficient (Wildman–Crippen LogP) is 2.16. The van der Waals surface area contributed by atoms with E-state index in [2.05, 4.69) is 12.1 Å². The van der Waals surface area contributed by atoms with Gasteiger partial charge in [-0.05, 0) is 61.8 Å². The van der Waals surface area contributed by atoms with E-state index in [1.54, 1.807) is 0 Å². The first-order valence-electron chi connectivity index (χ1n) is 7.33. The molecule has 1 aliphatic carbocycles. The van der Waals surface area contributed by atoms with Crippen molar-refractivity contribution < 1.29 is 9.90 Å². The molecule has 1 heterocycles. The summed E-state index contributed by atoms with van der Waals surface area (Å²) in [7, 11) is 0. The Bertz CT molecular complexity index is 484. The Labute approximate surface area is 114 Å². The molecular weight excluding hydrogens is 238 g/mol. The number of rotatable bonds is 2. The third kappa shape index (κ3) is 2.39. The number of aliphatic hydroxyl groups is 1. The molecule has 1 aromatic rings. The van der Waals surface area contributed by atoms with Gasteiger partial charge in [-0.25, -0.2) is 0 Å². The molecule has 2 aliphatic rings. The summed E-state index contributed by atoms with van der Waals surface area (Å²) in [6, 6.07) is 6.16. The zero-order chi connectivity index (χ0) is 13.2. The first-order chi connectivity index (χ1) is 9.29. The number of likely N-dealkylation sites (tertiary alicyclic amines) is 1. The lowest BCUT2D eigenvalue weighted by Crippen LogP contribution is -2.37. The van der Waals surface area contributed by atoms with Crippen LogP contribution in [0.2, 0.25) is 0 Å². The van der Waals surface area contributed by atoms with Crippen LogP contribution in [0.15, 0.2) is 18.2 Å². The lowest BCUT2D eigenvalue weighted by atomic mass is 9.90. The smallest absolute Gasteiger partial charge is 0.254 e. The van der Waals surface area contributed by atoms with Gasteiger partial charge in [0.25, 0.3) is 5.91 Å². The number of carbonyl (C=O) groups is 1. The minimum atomic E-state index is 0.0172. The van der Waals surface area contributed by atoms with Crippen molar-refractivity contribution in [1.29, 1.82) is 0 Å². The van der Waals surface area contributed by atoms with Gasteiger partial charge in [0.15, 0.2) is 0 Å². The van der Waals surface area contributed by atoms with Gasteiger partial charge in [0.05, 0.1) is 12.6 Å². The molecule has 1 aliphatic heterocycles. The van der Waals surface area contributed by atoms with Crippen LogP contribution in [-0.2, 0) is 12.8 Å². The summed E-state index contributed by atoms with van der Waals surface area (Å²) in [4.78, 5) is 14.4. The van der Waals surface area contributed by atoms with Crippen LogP contribution < -0.4 is 0 Å². The van der Waals surface area contributed by atoms with E-state index >= 15 is 0 Å². The molecule has 19 heavy (non-hydrogen) atoms. The van der Waals surface area contributed by atoms with E-state index < -0.39 is 0 Å². The lowest BCUT2D eigenvalue weighted by molar-refractivity contribution is 0.0677. The summed E-state index contributed by atoms with van der Waals surface area (Å²) < 4.78 is 0. The second-order valence-electron chi connectivity index (χ2n) is 5.67. The topological polar surface area (TPSA) is 40.5 Å². The highest BCUT2D eigenvalue weighted by Crippen LogP contribution is 2.25. The molecule has 1 aromatic carbocycles. The predicted molar refractivity (Wildman–Crippen MR) is 74.2 cm³/mol. The van der Waals surface area contributed by atoms with Crippen molar-refractivity contribution in [2.45, 2.75) is 44.6 Å². The van der Waals surface area contributed by atoms with Crippen LogP contribution in [0.3, 0.4) is 0 Å². The average Bonchev–Trinajstić information content (AvgIpc) is 2.94. The van der Waals surface area contributed by atoms with Crippen LogP contribution in [0.1, 0.15) is 47.2 Å². The second kappa shape index (κ2) is 5.33. The number of hydrogen-bond donors (Lipinski definition) is 1. The fourth-order valence-electron chi connectivity index (χ4n) is 3.33. The molecule has 102 valence electrons. The summed E-state index contributed by atoms with van der Waals surface area (Å²) in [5.41, 5.74) is 3.54. The Balaban J connectivity index is 1.83. The van der Waals surface area contributed by atoms with Crippen LogP contribution in [0, 0.1) is 0 Å². The summed E-state index contributed by atoms with van der Waals surface area (Å²) in [5.74, 6) is 0.0879. The fraction of sp³-hybridized carbons (Fsp3) is 0.562. The van der Waals surface area contributed by atoms with Crippen molar-refractivity contribution in [2.75, 3.05) is 13.2 Å². The van der Waals surface area contributed by atoms with Crippen LogP contribution >= 0.6 is 0 Å². The van der Waals surface area contributed by atoms with Gasteiger partial charge < -0.3 is 10.0 Å². The molecule has 0 radical (unpaired) electrons. The Hall–Kier alpha value is -1.35. The van der Waals surface area contributed by atoms with Crippen molar-refractivity contribution >= 4 is 5.91 Å². The van der Waals surface area contributed by atoms with Gasteiger partial charge in [-0.2, -0.15) is 0 Å². The van der Waals surface area contributed by atoms with E-state index in [1.807, 2.05) is 11.0 Å². The van der Waals surface area contributed by atoms with E-state index in [-0.39, 0.29) is 18.6 Å². The van der Waals surface area contributed by atoms with Gasteiger partial charge in [0.2, 0.25) is 0 Å². The van der Waals surface area contributed by atoms with Gasteiger partial charge in [-0.15, -0.1) is 0 Å². The molecule has 1 saturated heterocycles. The van der Waals surface area contributed by atoms with Crippen molar-refractivity contribution in [3.05, 3.63) is 34.9 Å². The molecule has 0 bridgehead atoms. The Morgan fingerprint density at radius 2 is 2.00 bits per heavy atom. The van der Waals surface area contributed by atoms with Crippen molar-refractivity contribution in [1.82, 2.24) is 4.90 Å². The van der Waals surface area contributed by atoms with E-state index in [9.17, 15) is 9.90 Å². The molecular formula is C16H21NO2. The SMILES string of the molecule is O=C(c1ccc2c(c1)CCCC2)N1CCC[C@H]1CO. The van der Waals surface area contributed by atoms with Crippen LogP contribution in [-0.4, -0.2) is 35.1 Å². The maximum Gasteiger partial charge on any atom is 0.254 e. The number of aliphatic hydroxyl groups excluding tert-OH is 1. The minimum Gasteiger partial charge on any atom is -0.394 e. The van der Waals surface area contributed by atoms with Gasteiger partial charge in [0.1, 0.15) is 0 Å². The highest BCUT2D eigenvalue weighted by molar-refractivity contribution is 5.95. The van der Waals surface area contributed by atoms with E-state index in [0.29, 0.717) is 0 Å². The zero-order valence-electron chi connectivity index (χ0n) is 11.3. The first-order valence-corrected chi connectivity index (χ1v) is 7.33. The molecule has 3 heteroatoms. The summed E-state index contributed by atoms with van der Waals surface area (Å²) in [5, 5.41) is 9.33. The molecule has 1 amide bonds. The summed E-state index contributed by atoms with van der Waals surface area (Å²) in [6.07, 6.45) is 6.66. The fourth-order valence-corrected chi connectivity index (χ4v) is 3.33. The van der Waals surface area contributed by atoms with Crippen LogP contribution in [0.5, 0.6) is 0 Å². The number of nitrogens with zero attached hydrogens (tertiary/aromatic N) is 1. The summed E-state index contributed by atoms with van der Waals surface area (Å²) in [6.45, 7) is 0.859. The quantitative estimate of drug-likeness (QED) is 0.884. The van der Waals surface area contributed by atoms with Gasteiger partial charge in [-0.3, -0.25) is 4.79 Å². The molecule has 1 N–H and O–H groups in total. The van der Waals surface area contributed by atoms with E-state index in [1.165, 1.54) is 24.0 Å². The number of benzene rings is 1. The highest BCUT2D eigenvalue weighted by atomic mass is 16.3. The Morgan fingerprint density at radius 3 is 2.79 bits per heavy atom. The van der Waals surface area contributed by atoms with E-state index in [4.69, 9.17) is 0 Å². The third-order valence-corrected chi connectivity index (χ3v) is 4.44. The zero-order valence-corrected chi connectivity index (χ0v) is 11.3. The molecule has 1 fully saturated rings. The molecule has 3 nitrogen and oxygen atoms in total. The normalized spacial score (nSPS) is 22.4. The van der Waals surface area contributed by atoms with Crippen LogP contribution in [0.4, 0.5) is 0 Å². The molecule has 0 spiro atoms. The largest absolute Gasteiger partial charge is 0.394 e. The number of carbonyl (C=O) groups excluding carboxylic acids is 1. The molecule has 0 unspecified atom stereocenters. The highest BCUT2D eigenvalue weighted by Gasteiger charge is 2.29. The number of fused-ring (bicyclic) bond motifs is 1. The molecule has 0 aromatic heterocycles. The van der Waals surface area contributed by atoms with Gasteiger partial charge in [0, 0.05) is 12.1 Å². The van der Waals surface area contributed by atoms with Crippen molar-refractivity contribution in [3.8, 4) is 0 Å².